The van der Waals surface area contributed by atoms with E-state index in [-0.39, 0.29) is 0 Å². The van der Waals surface area contributed by atoms with Gasteiger partial charge in [-0.1, -0.05) is 17.8 Å². The number of thioether (sulfide) groups is 1. The van der Waals surface area contributed by atoms with E-state index in [1.54, 1.807) is 6.07 Å². The molecular weight excluding hydrogens is 299 g/mol. The minimum Gasteiger partial charge on any atom is -0.478 e. The van der Waals surface area contributed by atoms with Gasteiger partial charge in [-0.2, -0.15) is 4.37 Å². The van der Waals surface area contributed by atoms with Crippen molar-refractivity contribution in [1.29, 1.82) is 0 Å². The van der Waals surface area contributed by atoms with Crippen molar-refractivity contribution in [2.24, 2.45) is 0 Å². The lowest BCUT2D eigenvalue weighted by Gasteiger charge is -2.04. The molecule has 2 aromatic rings. The zero-order chi connectivity index (χ0) is 14.5. The van der Waals surface area contributed by atoms with E-state index in [9.17, 15) is 9.18 Å². The smallest absolute Gasteiger partial charge is 0.328 e. The quantitative estimate of drug-likeness (QED) is 0.677. The third-order valence-corrected chi connectivity index (χ3v) is 4.35. The predicted octanol–water partition coefficient (Wildman–Crippen LogP) is 3.38. The van der Waals surface area contributed by atoms with Gasteiger partial charge in [0.05, 0.1) is 0 Å². The van der Waals surface area contributed by atoms with Crippen LogP contribution in [-0.4, -0.2) is 20.4 Å². The Morgan fingerprint density at radius 2 is 2.35 bits per heavy atom. The lowest BCUT2D eigenvalue weighted by Crippen LogP contribution is -1.91. The molecular formula is C13H11FN2O2S2. The SMILES string of the molecule is Cc1nsc(SCc2ccc(F)cc2/C=C/C(=O)O)n1. The number of carbonyl (C=O) groups is 1. The third kappa shape index (κ3) is 4.14. The molecule has 0 spiro atoms. The second-order valence-corrected chi connectivity index (χ2v) is 5.89. The topological polar surface area (TPSA) is 63.1 Å². The first-order valence-electron chi connectivity index (χ1n) is 5.67. The fourth-order valence-electron chi connectivity index (χ4n) is 1.49. The Bertz CT molecular complexity index is 656. The molecule has 4 nitrogen and oxygen atoms in total. The molecule has 0 aliphatic heterocycles. The molecule has 2 rings (SSSR count). The Morgan fingerprint density at radius 3 is 3.00 bits per heavy atom. The maximum Gasteiger partial charge on any atom is 0.328 e. The first kappa shape index (κ1) is 14.7. The summed E-state index contributed by atoms with van der Waals surface area (Å²) in [4.78, 5) is 14.8. The first-order valence-corrected chi connectivity index (χ1v) is 7.43. The zero-order valence-electron chi connectivity index (χ0n) is 10.5. The van der Waals surface area contributed by atoms with Crippen LogP contribution in [0.1, 0.15) is 17.0 Å². The highest BCUT2D eigenvalue weighted by Crippen LogP contribution is 2.26. The van der Waals surface area contributed by atoms with Gasteiger partial charge in [0.2, 0.25) is 0 Å². The molecule has 0 saturated carbocycles. The Labute approximate surface area is 123 Å². The van der Waals surface area contributed by atoms with Gasteiger partial charge in [-0.25, -0.2) is 14.2 Å². The summed E-state index contributed by atoms with van der Waals surface area (Å²) < 4.78 is 18.1. The van der Waals surface area contributed by atoms with E-state index < -0.39 is 11.8 Å². The highest BCUT2D eigenvalue weighted by atomic mass is 32.2. The van der Waals surface area contributed by atoms with Crippen molar-refractivity contribution in [3.05, 3.63) is 47.0 Å². The first-order chi connectivity index (χ1) is 9.54. The van der Waals surface area contributed by atoms with Crippen molar-refractivity contribution in [2.75, 3.05) is 0 Å². The second kappa shape index (κ2) is 6.62. The molecule has 0 aliphatic rings. The standard InChI is InChI=1S/C13H11FN2O2S2/c1-8-15-13(20-16-8)19-7-10-2-4-11(14)6-9(10)3-5-12(17)18/h2-6H,7H2,1H3,(H,17,18)/b5-3+. The van der Waals surface area contributed by atoms with Crippen molar-refractivity contribution in [1.82, 2.24) is 9.36 Å². The number of benzene rings is 1. The molecule has 0 unspecified atom stereocenters. The van der Waals surface area contributed by atoms with Crippen LogP contribution in [0.2, 0.25) is 0 Å². The largest absolute Gasteiger partial charge is 0.478 e. The molecule has 20 heavy (non-hydrogen) atoms. The van der Waals surface area contributed by atoms with Crippen LogP contribution in [0.5, 0.6) is 0 Å². The normalized spacial score (nSPS) is 11.1. The molecule has 104 valence electrons. The van der Waals surface area contributed by atoms with Gasteiger partial charge < -0.3 is 5.11 Å². The van der Waals surface area contributed by atoms with E-state index in [4.69, 9.17) is 5.11 Å². The minimum atomic E-state index is -1.06. The lowest BCUT2D eigenvalue weighted by atomic mass is 10.1. The average molecular weight is 310 g/mol. The molecule has 1 aromatic carbocycles. The number of aryl methyl sites for hydroxylation is 1. The molecule has 0 fully saturated rings. The van der Waals surface area contributed by atoms with Crippen LogP contribution in [0.4, 0.5) is 4.39 Å². The average Bonchev–Trinajstić information content (AvgIpc) is 2.81. The van der Waals surface area contributed by atoms with E-state index in [0.29, 0.717) is 11.3 Å². The number of nitrogens with zero attached hydrogens (tertiary/aromatic N) is 2. The third-order valence-electron chi connectivity index (χ3n) is 2.37. The van der Waals surface area contributed by atoms with Crippen molar-refractivity contribution < 1.29 is 14.3 Å². The van der Waals surface area contributed by atoms with Crippen LogP contribution < -0.4 is 0 Å². The van der Waals surface area contributed by atoms with Gasteiger partial charge in [0.1, 0.15) is 11.6 Å². The van der Waals surface area contributed by atoms with Gasteiger partial charge in [0.25, 0.3) is 0 Å². The molecule has 7 heteroatoms. The predicted molar refractivity (Wildman–Crippen MR) is 77.3 cm³/mol. The molecule has 0 saturated heterocycles. The second-order valence-electron chi connectivity index (χ2n) is 3.91. The van der Waals surface area contributed by atoms with Crippen LogP contribution in [0.25, 0.3) is 6.08 Å². The number of halogens is 1. The van der Waals surface area contributed by atoms with Crippen molar-refractivity contribution >= 4 is 35.3 Å². The summed E-state index contributed by atoms with van der Waals surface area (Å²) in [5.41, 5.74) is 1.41. The van der Waals surface area contributed by atoms with Crippen molar-refractivity contribution in [3.8, 4) is 0 Å². The molecule has 1 heterocycles. The zero-order valence-corrected chi connectivity index (χ0v) is 12.2. The van der Waals surface area contributed by atoms with Gasteiger partial charge in [-0.05, 0) is 47.8 Å². The molecule has 1 N–H and O–H groups in total. The molecule has 0 radical (unpaired) electrons. The minimum absolute atomic E-state index is 0.393. The summed E-state index contributed by atoms with van der Waals surface area (Å²) in [6.45, 7) is 1.82. The summed E-state index contributed by atoms with van der Waals surface area (Å²) in [5.74, 6) is -0.153. The highest BCUT2D eigenvalue weighted by Gasteiger charge is 2.06. The fraction of sp³-hybridized carbons (Fsp3) is 0.154. The maximum atomic E-state index is 13.2. The van der Waals surface area contributed by atoms with Crippen LogP contribution in [0.3, 0.4) is 0 Å². The molecule has 1 aromatic heterocycles. The maximum absolute atomic E-state index is 13.2. The van der Waals surface area contributed by atoms with Crippen molar-refractivity contribution in [2.45, 2.75) is 17.0 Å². The molecule has 0 atom stereocenters. The monoisotopic (exact) mass is 310 g/mol. The van der Waals surface area contributed by atoms with Crippen LogP contribution in [-0.2, 0) is 10.5 Å². The summed E-state index contributed by atoms with van der Waals surface area (Å²) in [7, 11) is 0. The molecule has 0 bridgehead atoms. The number of aromatic nitrogens is 2. The van der Waals surface area contributed by atoms with E-state index >= 15 is 0 Å². The van der Waals surface area contributed by atoms with E-state index in [1.165, 1.54) is 41.5 Å². The number of rotatable bonds is 5. The summed E-state index contributed by atoms with van der Waals surface area (Å²) in [6.07, 6.45) is 2.39. The van der Waals surface area contributed by atoms with Gasteiger partial charge in [-0.3, -0.25) is 0 Å². The van der Waals surface area contributed by atoms with Gasteiger partial charge in [0, 0.05) is 11.8 Å². The van der Waals surface area contributed by atoms with Gasteiger partial charge >= 0.3 is 5.97 Å². The van der Waals surface area contributed by atoms with Crippen LogP contribution in [0, 0.1) is 12.7 Å². The number of hydrogen-bond acceptors (Lipinski definition) is 5. The number of carboxylic acids is 1. The Balaban J connectivity index is 2.15. The van der Waals surface area contributed by atoms with E-state index in [0.717, 1.165) is 21.8 Å². The van der Waals surface area contributed by atoms with Gasteiger partial charge in [-0.15, -0.1) is 0 Å². The summed E-state index contributed by atoms with van der Waals surface area (Å²) in [5, 5.41) is 8.64. The summed E-state index contributed by atoms with van der Waals surface area (Å²) in [6, 6.07) is 4.33. The molecule has 0 aliphatic carbocycles. The highest BCUT2D eigenvalue weighted by molar-refractivity contribution is 8.00. The lowest BCUT2D eigenvalue weighted by molar-refractivity contribution is -0.131. The number of aliphatic carboxylic acids is 1. The molecule has 0 amide bonds. The van der Waals surface area contributed by atoms with Gasteiger partial charge in [0.15, 0.2) is 4.34 Å². The van der Waals surface area contributed by atoms with E-state index in [2.05, 4.69) is 9.36 Å². The van der Waals surface area contributed by atoms with Crippen LogP contribution >= 0.6 is 23.3 Å². The van der Waals surface area contributed by atoms with Crippen molar-refractivity contribution in [3.63, 3.8) is 0 Å². The Kier molecular flexibility index (Phi) is 4.86. The van der Waals surface area contributed by atoms with E-state index in [1.807, 2.05) is 6.92 Å². The Hall–Kier alpha value is -1.73. The van der Waals surface area contributed by atoms with Crippen LogP contribution in [0.15, 0.2) is 28.6 Å². The fourth-order valence-corrected chi connectivity index (χ4v) is 3.15. The summed E-state index contributed by atoms with van der Waals surface area (Å²) >= 11 is 2.80. The number of hydrogen-bond donors (Lipinski definition) is 1. The number of carboxylic acid groups (broad SMARTS) is 1. The Morgan fingerprint density at radius 1 is 1.55 bits per heavy atom.